The Bertz CT molecular complexity index is 3270. The van der Waals surface area contributed by atoms with Crippen LogP contribution < -0.4 is 4.90 Å². The Balaban J connectivity index is 1.18. The summed E-state index contributed by atoms with van der Waals surface area (Å²) in [5.74, 6) is 0. The van der Waals surface area contributed by atoms with Crippen molar-refractivity contribution in [2.75, 3.05) is 4.90 Å². The molecule has 2 aliphatic rings. The molecule has 0 saturated carbocycles. The SMILES string of the molecule is CC1(C)c2ccccc2-c2ccc(N(c3ccccc3-c3ccc4oc5cccc6c7ccccc7c3c4c56)c3cccc4c3-c3ccccc3C4(C)C)cc21. The van der Waals surface area contributed by atoms with Gasteiger partial charge in [-0.05, 0) is 103 Å². The minimum Gasteiger partial charge on any atom is -0.456 e. The van der Waals surface area contributed by atoms with E-state index in [0.717, 1.165) is 22.5 Å². The second-order valence-electron chi connectivity index (χ2n) is 16.8. The van der Waals surface area contributed by atoms with Gasteiger partial charge >= 0.3 is 0 Å². The first-order valence-electron chi connectivity index (χ1n) is 19.8. The number of nitrogens with zero attached hydrogens (tertiary/aromatic N) is 1. The number of anilines is 3. The Kier molecular flexibility index (Phi) is 6.22. The first-order valence-corrected chi connectivity index (χ1v) is 19.8. The molecular weight excluding hydrogens is 679 g/mol. The van der Waals surface area contributed by atoms with Crippen LogP contribution >= 0.6 is 0 Å². The highest BCUT2D eigenvalue weighted by Gasteiger charge is 2.39. The monoisotopic (exact) mass is 717 g/mol. The molecular formula is C54H39NO. The molecule has 0 atom stereocenters. The van der Waals surface area contributed by atoms with Gasteiger partial charge in [0, 0.05) is 43.8 Å². The minimum atomic E-state index is -0.140. The molecule has 2 heteroatoms. The van der Waals surface area contributed by atoms with Crippen molar-refractivity contribution in [1.82, 2.24) is 0 Å². The van der Waals surface area contributed by atoms with Gasteiger partial charge in [0.15, 0.2) is 0 Å². The van der Waals surface area contributed by atoms with Crippen molar-refractivity contribution in [3.63, 3.8) is 0 Å². The van der Waals surface area contributed by atoms with Crippen LogP contribution in [-0.4, -0.2) is 0 Å². The fraction of sp³-hybridized carbons (Fsp3) is 0.111. The highest BCUT2D eigenvalue weighted by molar-refractivity contribution is 6.35. The molecule has 9 aromatic carbocycles. The maximum atomic E-state index is 6.57. The summed E-state index contributed by atoms with van der Waals surface area (Å²) in [5, 5.41) is 7.35. The Morgan fingerprint density at radius 2 is 0.929 bits per heavy atom. The highest BCUT2D eigenvalue weighted by atomic mass is 16.3. The van der Waals surface area contributed by atoms with Crippen molar-refractivity contribution in [2.45, 2.75) is 38.5 Å². The highest BCUT2D eigenvalue weighted by Crippen LogP contribution is 2.57. The number of benzene rings is 9. The van der Waals surface area contributed by atoms with Gasteiger partial charge in [-0.1, -0.05) is 149 Å². The number of furan rings is 1. The van der Waals surface area contributed by atoms with Gasteiger partial charge in [-0.25, -0.2) is 0 Å². The van der Waals surface area contributed by atoms with E-state index in [0.29, 0.717) is 0 Å². The molecule has 56 heavy (non-hydrogen) atoms. The standard InChI is InChI=1S/C54H39NO/c1-53(2)42-22-11-8-19-40(42)50-43(53)23-14-25-46(50)55(32-27-28-35-34-16-7-10-21-41(34)54(3,4)44(35)31-32)45-24-12-9-17-36(45)39-29-30-48-52-49(39)37-18-6-5-15-33(37)38-20-13-26-47(56-48)51(38)52/h5-31H,1-4H3. The molecule has 2 nitrogen and oxygen atoms in total. The van der Waals surface area contributed by atoms with E-state index in [1.165, 1.54) is 93.6 Å². The smallest absolute Gasteiger partial charge is 0.136 e. The number of hydrogen-bond acceptors (Lipinski definition) is 2. The van der Waals surface area contributed by atoms with Crippen molar-refractivity contribution in [1.29, 1.82) is 0 Å². The van der Waals surface area contributed by atoms with Crippen LogP contribution in [0.1, 0.15) is 49.9 Å². The maximum absolute atomic E-state index is 6.57. The van der Waals surface area contributed by atoms with Crippen molar-refractivity contribution in [3.05, 3.63) is 186 Å². The van der Waals surface area contributed by atoms with Gasteiger partial charge in [-0.15, -0.1) is 0 Å². The lowest BCUT2D eigenvalue weighted by Gasteiger charge is -2.32. The lowest BCUT2D eigenvalue weighted by Crippen LogP contribution is -2.18. The van der Waals surface area contributed by atoms with Gasteiger partial charge in [0.2, 0.25) is 0 Å². The quantitative estimate of drug-likeness (QED) is 0.169. The average molecular weight is 718 g/mol. The van der Waals surface area contributed by atoms with E-state index >= 15 is 0 Å². The van der Waals surface area contributed by atoms with Gasteiger partial charge in [-0.3, -0.25) is 0 Å². The molecule has 1 aromatic heterocycles. The number of para-hydroxylation sites is 1. The molecule has 0 saturated heterocycles. The summed E-state index contributed by atoms with van der Waals surface area (Å²) in [6.07, 6.45) is 0. The third kappa shape index (κ3) is 4.01. The van der Waals surface area contributed by atoms with E-state index in [4.69, 9.17) is 4.42 Å². The van der Waals surface area contributed by atoms with E-state index in [1.807, 2.05) is 0 Å². The van der Waals surface area contributed by atoms with E-state index in [1.54, 1.807) is 0 Å². The van der Waals surface area contributed by atoms with Crippen LogP contribution in [-0.2, 0) is 10.8 Å². The zero-order valence-corrected chi connectivity index (χ0v) is 31.9. The summed E-state index contributed by atoms with van der Waals surface area (Å²) in [5.41, 5.74) is 18.2. The summed E-state index contributed by atoms with van der Waals surface area (Å²) < 4.78 is 6.57. The van der Waals surface area contributed by atoms with Gasteiger partial charge in [0.05, 0.1) is 11.4 Å². The Hall–Kier alpha value is -6.64. The molecule has 0 spiro atoms. The third-order valence-corrected chi connectivity index (χ3v) is 13.2. The fourth-order valence-electron chi connectivity index (χ4n) is 10.6. The summed E-state index contributed by atoms with van der Waals surface area (Å²) in [4.78, 5) is 2.55. The van der Waals surface area contributed by atoms with Crippen LogP contribution in [0.5, 0.6) is 0 Å². The first kappa shape index (κ1) is 31.7. The lowest BCUT2D eigenvalue weighted by atomic mass is 9.82. The zero-order chi connectivity index (χ0) is 37.5. The molecule has 0 fully saturated rings. The summed E-state index contributed by atoms with van der Waals surface area (Å²) in [6, 6.07) is 60.8. The Labute approximate surface area is 326 Å². The Morgan fingerprint density at radius 1 is 0.375 bits per heavy atom. The van der Waals surface area contributed by atoms with Gasteiger partial charge in [-0.2, -0.15) is 0 Å². The number of hydrogen-bond donors (Lipinski definition) is 0. The third-order valence-electron chi connectivity index (χ3n) is 13.2. The van der Waals surface area contributed by atoms with Crippen molar-refractivity contribution in [3.8, 4) is 33.4 Å². The molecule has 0 radical (unpaired) electrons. The van der Waals surface area contributed by atoms with E-state index < -0.39 is 0 Å². The summed E-state index contributed by atoms with van der Waals surface area (Å²) >= 11 is 0. The fourth-order valence-corrected chi connectivity index (χ4v) is 10.6. The van der Waals surface area contributed by atoms with Crippen molar-refractivity contribution < 1.29 is 4.42 Å². The van der Waals surface area contributed by atoms with Crippen LogP contribution in [0.3, 0.4) is 0 Å². The van der Waals surface area contributed by atoms with Crippen LogP contribution in [0.2, 0.25) is 0 Å². The predicted octanol–water partition coefficient (Wildman–Crippen LogP) is 15.1. The molecule has 0 amide bonds. The van der Waals surface area contributed by atoms with Gasteiger partial charge in [0.1, 0.15) is 11.2 Å². The molecule has 10 aromatic rings. The largest absolute Gasteiger partial charge is 0.456 e. The molecule has 0 N–H and O–H groups in total. The maximum Gasteiger partial charge on any atom is 0.136 e. The number of rotatable bonds is 4. The lowest BCUT2D eigenvalue weighted by molar-refractivity contribution is 0.660. The molecule has 0 aliphatic heterocycles. The van der Waals surface area contributed by atoms with Gasteiger partial charge in [0.25, 0.3) is 0 Å². The summed E-state index contributed by atoms with van der Waals surface area (Å²) in [6.45, 7) is 9.49. The van der Waals surface area contributed by atoms with Crippen LogP contribution in [0.4, 0.5) is 17.1 Å². The Morgan fingerprint density at radius 3 is 1.77 bits per heavy atom. The predicted molar refractivity (Wildman–Crippen MR) is 235 cm³/mol. The average Bonchev–Trinajstić information content (AvgIpc) is 3.81. The van der Waals surface area contributed by atoms with Crippen LogP contribution in [0.25, 0.3) is 76.9 Å². The molecule has 1 heterocycles. The van der Waals surface area contributed by atoms with E-state index in [-0.39, 0.29) is 10.8 Å². The van der Waals surface area contributed by atoms with Crippen LogP contribution in [0.15, 0.2) is 168 Å². The number of fused-ring (bicyclic) bond motifs is 9. The van der Waals surface area contributed by atoms with Crippen molar-refractivity contribution >= 4 is 60.5 Å². The van der Waals surface area contributed by atoms with E-state index in [9.17, 15) is 0 Å². The molecule has 0 bridgehead atoms. The van der Waals surface area contributed by atoms with Gasteiger partial charge < -0.3 is 9.32 Å². The van der Waals surface area contributed by atoms with Crippen LogP contribution in [0, 0.1) is 0 Å². The molecule has 2 aliphatic carbocycles. The topological polar surface area (TPSA) is 16.4 Å². The minimum absolute atomic E-state index is 0.131. The summed E-state index contributed by atoms with van der Waals surface area (Å²) in [7, 11) is 0. The molecule has 266 valence electrons. The first-order chi connectivity index (χ1) is 27.3. The van der Waals surface area contributed by atoms with Crippen molar-refractivity contribution in [2.24, 2.45) is 0 Å². The zero-order valence-electron chi connectivity index (χ0n) is 31.9. The van der Waals surface area contributed by atoms with E-state index in [2.05, 4.69) is 196 Å². The normalized spacial score (nSPS) is 14.7. The molecule has 0 unspecified atom stereocenters. The molecule has 12 rings (SSSR count). The second-order valence-corrected chi connectivity index (χ2v) is 16.8. The second kappa shape index (κ2) is 11.0.